The second-order valence-electron chi connectivity index (χ2n) is 5.61. The molecule has 4 heteroatoms. The van der Waals surface area contributed by atoms with Crippen LogP contribution >= 0.6 is 11.6 Å². The molecule has 2 aliphatic rings. The average Bonchev–Trinajstić information content (AvgIpc) is 2.63. The van der Waals surface area contributed by atoms with Crippen LogP contribution in [0.15, 0.2) is 18.2 Å². The van der Waals surface area contributed by atoms with Crippen molar-refractivity contribution in [3.05, 3.63) is 28.8 Å². The number of carbonyl (C=O) groups excluding carboxylic acids is 1. The van der Waals surface area contributed by atoms with Crippen molar-refractivity contribution < 1.29 is 4.79 Å². The lowest BCUT2D eigenvalue weighted by molar-refractivity contribution is 0.112. The van der Waals surface area contributed by atoms with Crippen LogP contribution in [0.3, 0.4) is 0 Å². The molecule has 0 radical (unpaired) electrons. The predicted molar refractivity (Wildman–Crippen MR) is 78.2 cm³/mol. The molecule has 0 aromatic heterocycles. The SMILES string of the molecule is CN1C2CCC1CN(c1cc(Cl)ccc1C=O)CC2. The molecule has 0 spiro atoms. The van der Waals surface area contributed by atoms with E-state index in [1.54, 1.807) is 6.07 Å². The van der Waals surface area contributed by atoms with Crippen LogP contribution in [0.25, 0.3) is 0 Å². The van der Waals surface area contributed by atoms with Gasteiger partial charge in [0, 0.05) is 41.4 Å². The Hall–Kier alpha value is -1.06. The molecule has 2 fully saturated rings. The van der Waals surface area contributed by atoms with Crippen LogP contribution in [0.1, 0.15) is 29.6 Å². The van der Waals surface area contributed by atoms with E-state index >= 15 is 0 Å². The zero-order valence-electron chi connectivity index (χ0n) is 11.2. The fraction of sp³-hybridized carbons (Fsp3) is 0.533. The highest BCUT2D eigenvalue weighted by molar-refractivity contribution is 6.31. The topological polar surface area (TPSA) is 23.6 Å². The zero-order valence-corrected chi connectivity index (χ0v) is 11.9. The monoisotopic (exact) mass is 278 g/mol. The van der Waals surface area contributed by atoms with Crippen LogP contribution < -0.4 is 4.90 Å². The quantitative estimate of drug-likeness (QED) is 0.777. The third kappa shape index (κ3) is 2.37. The molecule has 2 atom stereocenters. The fourth-order valence-electron chi connectivity index (χ4n) is 3.42. The maximum atomic E-state index is 11.2. The van der Waals surface area contributed by atoms with E-state index < -0.39 is 0 Å². The second-order valence-corrected chi connectivity index (χ2v) is 6.04. The lowest BCUT2D eigenvalue weighted by Crippen LogP contribution is -2.37. The second kappa shape index (κ2) is 5.14. The molecule has 2 unspecified atom stereocenters. The maximum Gasteiger partial charge on any atom is 0.152 e. The van der Waals surface area contributed by atoms with Crippen molar-refractivity contribution in [2.24, 2.45) is 0 Å². The summed E-state index contributed by atoms with van der Waals surface area (Å²) in [7, 11) is 2.23. The van der Waals surface area contributed by atoms with E-state index in [0.717, 1.165) is 37.0 Å². The largest absolute Gasteiger partial charge is 0.369 e. The first-order valence-electron chi connectivity index (χ1n) is 6.90. The zero-order chi connectivity index (χ0) is 13.4. The highest BCUT2D eigenvalue weighted by Crippen LogP contribution is 2.32. The Balaban J connectivity index is 1.90. The summed E-state index contributed by atoms with van der Waals surface area (Å²) in [5.41, 5.74) is 1.73. The highest BCUT2D eigenvalue weighted by Gasteiger charge is 2.35. The van der Waals surface area contributed by atoms with Gasteiger partial charge in [-0.1, -0.05) is 11.6 Å². The fourth-order valence-corrected chi connectivity index (χ4v) is 3.58. The van der Waals surface area contributed by atoms with Crippen LogP contribution in [0.2, 0.25) is 5.02 Å². The number of hydrogen-bond acceptors (Lipinski definition) is 3. The number of rotatable bonds is 2. The lowest BCUT2D eigenvalue weighted by Gasteiger charge is -2.28. The molecule has 2 saturated heterocycles. The summed E-state index contributed by atoms with van der Waals surface area (Å²) in [6.45, 7) is 2.00. The number of anilines is 1. The van der Waals surface area contributed by atoms with E-state index in [9.17, 15) is 4.79 Å². The normalized spacial score (nSPS) is 27.4. The Morgan fingerprint density at radius 1 is 1.26 bits per heavy atom. The van der Waals surface area contributed by atoms with Gasteiger partial charge in [-0.3, -0.25) is 9.69 Å². The first kappa shape index (κ1) is 12.9. The Morgan fingerprint density at radius 2 is 2.05 bits per heavy atom. The standard InChI is InChI=1S/C15H19ClN2O/c1-17-13-4-5-14(17)9-18(7-6-13)15-8-12(16)3-2-11(15)10-19/h2-3,8,10,13-14H,4-7,9H2,1H3. The molecule has 3 nitrogen and oxygen atoms in total. The molecule has 1 aromatic carbocycles. The summed E-state index contributed by atoms with van der Waals surface area (Å²) >= 11 is 6.09. The number of carbonyl (C=O) groups is 1. The molecule has 0 aliphatic carbocycles. The number of aldehydes is 1. The van der Waals surface area contributed by atoms with Crippen molar-refractivity contribution in [1.82, 2.24) is 4.90 Å². The lowest BCUT2D eigenvalue weighted by atomic mass is 10.1. The molecule has 1 aromatic rings. The van der Waals surface area contributed by atoms with Gasteiger partial charge in [-0.25, -0.2) is 0 Å². The van der Waals surface area contributed by atoms with Gasteiger partial charge >= 0.3 is 0 Å². The molecule has 2 aliphatic heterocycles. The summed E-state index contributed by atoms with van der Waals surface area (Å²) in [4.78, 5) is 16.0. The predicted octanol–water partition coefficient (Wildman–Crippen LogP) is 2.83. The van der Waals surface area contributed by atoms with Crippen LogP contribution in [-0.2, 0) is 0 Å². The summed E-state index contributed by atoms with van der Waals surface area (Å²) in [5, 5.41) is 0.698. The first-order valence-corrected chi connectivity index (χ1v) is 7.28. The number of fused-ring (bicyclic) bond motifs is 2. The molecule has 3 rings (SSSR count). The van der Waals surface area contributed by atoms with Gasteiger partial charge in [0.05, 0.1) is 0 Å². The number of nitrogens with zero attached hydrogens (tertiary/aromatic N) is 2. The molecular weight excluding hydrogens is 260 g/mol. The number of benzene rings is 1. The molecule has 0 amide bonds. The minimum absolute atomic E-state index is 0.603. The number of likely N-dealkylation sites (N-methyl/N-ethyl adjacent to an activating group) is 1. The van der Waals surface area contributed by atoms with Gasteiger partial charge in [0.1, 0.15) is 0 Å². The maximum absolute atomic E-state index is 11.2. The molecule has 0 saturated carbocycles. The summed E-state index contributed by atoms with van der Waals surface area (Å²) in [6.07, 6.45) is 4.66. The molecule has 2 bridgehead atoms. The van der Waals surface area contributed by atoms with Crippen molar-refractivity contribution in [1.29, 1.82) is 0 Å². The van der Waals surface area contributed by atoms with E-state index in [0.29, 0.717) is 17.1 Å². The average molecular weight is 279 g/mol. The molecule has 2 heterocycles. The highest BCUT2D eigenvalue weighted by atomic mass is 35.5. The minimum Gasteiger partial charge on any atom is -0.369 e. The van der Waals surface area contributed by atoms with Gasteiger partial charge in [-0.05, 0) is 44.5 Å². The van der Waals surface area contributed by atoms with E-state index in [1.165, 1.54) is 12.8 Å². The third-order valence-electron chi connectivity index (χ3n) is 4.61. The first-order chi connectivity index (χ1) is 9.19. The Labute approximate surface area is 119 Å². The Kier molecular flexibility index (Phi) is 3.50. The smallest absolute Gasteiger partial charge is 0.152 e. The van der Waals surface area contributed by atoms with Crippen LogP contribution in [-0.4, -0.2) is 43.4 Å². The summed E-state index contributed by atoms with van der Waals surface area (Å²) in [5.74, 6) is 0. The Bertz CT molecular complexity index is 491. The third-order valence-corrected chi connectivity index (χ3v) is 4.84. The van der Waals surface area contributed by atoms with Crippen LogP contribution in [0.4, 0.5) is 5.69 Å². The van der Waals surface area contributed by atoms with Gasteiger partial charge in [0.15, 0.2) is 6.29 Å². The van der Waals surface area contributed by atoms with E-state index in [1.807, 2.05) is 12.1 Å². The van der Waals surface area contributed by atoms with E-state index in [2.05, 4.69) is 16.8 Å². The number of hydrogen-bond donors (Lipinski definition) is 0. The Morgan fingerprint density at radius 3 is 2.84 bits per heavy atom. The van der Waals surface area contributed by atoms with Crippen molar-refractivity contribution in [3.8, 4) is 0 Å². The van der Waals surface area contributed by atoms with Crippen molar-refractivity contribution in [3.63, 3.8) is 0 Å². The van der Waals surface area contributed by atoms with Gasteiger partial charge < -0.3 is 4.90 Å². The van der Waals surface area contributed by atoms with Crippen LogP contribution in [0.5, 0.6) is 0 Å². The van der Waals surface area contributed by atoms with Crippen LogP contribution in [0, 0.1) is 0 Å². The summed E-state index contributed by atoms with van der Waals surface area (Å²) < 4.78 is 0. The van der Waals surface area contributed by atoms with Crippen molar-refractivity contribution in [2.45, 2.75) is 31.3 Å². The molecule has 19 heavy (non-hydrogen) atoms. The summed E-state index contributed by atoms with van der Waals surface area (Å²) in [6, 6.07) is 6.83. The van der Waals surface area contributed by atoms with Crippen molar-refractivity contribution in [2.75, 3.05) is 25.0 Å². The van der Waals surface area contributed by atoms with Crippen molar-refractivity contribution >= 4 is 23.6 Å². The van der Waals surface area contributed by atoms with Gasteiger partial charge in [0.25, 0.3) is 0 Å². The van der Waals surface area contributed by atoms with E-state index in [-0.39, 0.29) is 0 Å². The number of halogens is 1. The van der Waals surface area contributed by atoms with Gasteiger partial charge in [-0.15, -0.1) is 0 Å². The molecule has 102 valence electrons. The van der Waals surface area contributed by atoms with E-state index in [4.69, 9.17) is 11.6 Å². The molecule has 0 N–H and O–H groups in total. The van der Waals surface area contributed by atoms with Gasteiger partial charge in [-0.2, -0.15) is 0 Å². The van der Waals surface area contributed by atoms with Gasteiger partial charge in [0.2, 0.25) is 0 Å². The molecular formula is C15H19ClN2O. The minimum atomic E-state index is 0.603.